The van der Waals surface area contributed by atoms with Crippen LogP contribution in [0.1, 0.15) is 24.2 Å². The van der Waals surface area contributed by atoms with Gasteiger partial charge in [-0.15, -0.1) is 0 Å². The van der Waals surface area contributed by atoms with Gasteiger partial charge in [0.15, 0.2) is 5.78 Å². The lowest BCUT2D eigenvalue weighted by atomic mass is 10.1. The van der Waals surface area contributed by atoms with Crippen molar-refractivity contribution in [2.75, 3.05) is 6.54 Å². The molecular formula is C12H13F2NO2. The van der Waals surface area contributed by atoms with Gasteiger partial charge in [0.25, 0.3) is 5.91 Å². The largest absolute Gasteiger partial charge is 0.345 e. The first-order valence-electron chi connectivity index (χ1n) is 5.17. The third-order valence-electron chi connectivity index (χ3n) is 2.24. The van der Waals surface area contributed by atoms with E-state index < -0.39 is 17.5 Å². The molecule has 5 heteroatoms. The molecule has 0 heterocycles. The molecule has 92 valence electrons. The highest BCUT2D eigenvalue weighted by molar-refractivity contribution is 5.97. The second kappa shape index (κ2) is 5.52. The maximum Gasteiger partial charge on any atom is 0.254 e. The summed E-state index contributed by atoms with van der Waals surface area (Å²) in [5.41, 5.74) is -0.275. The molecule has 0 saturated heterocycles. The van der Waals surface area contributed by atoms with Gasteiger partial charge in [-0.25, -0.2) is 8.78 Å². The molecule has 0 saturated carbocycles. The van der Waals surface area contributed by atoms with Gasteiger partial charge in [0.05, 0.1) is 12.1 Å². The molecule has 0 aromatic heterocycles. The summed E-state index contributed by atoms with van der Waals surface area (Å²) in [4.78, 5) is 22.7. The maximum absolute atomic E-state index is 13.2. The van der Waals surface area contributed by atoms with Gasteiger partial charge < -0.3 is 5.32 Å². The van der Waals surface area contributed by atoms with Gasteiger partial charge in [0.1, 0.15) is 11.6 Å². The highest BCUT2D eigenvalue weighted by Gasteiger charge is 2.14. The molecule has 1 aromatic carbocycles. The molecule has 17 heavy (non-hydrogen) atoms. The van der Waals surface area contributed by atoms with Gasteiger partial charge in [0, 0.05) is 12.0 Å². The van der Waals surface area contributed by atoms with E-state index in [-0.39, 0.29) is 23.8 Å². The van der Waals surface area contributed by atoms with Gasteiger partial charge in [0.2, 0.25) is 0 Å². The molecule has 1 N–H and O–H groups in total. The van der Waals surface area contributed by atoms with E-state index in [1.54, 1.807) is 13.8 Å². The minimum absolute atomic E-state index is 0.152. The summed E-state index contributed by atoms with van der Waals surface area (Å²) in [6.45, 7) is 3.24. The van der Waals surface area contributed by atoms with Gasteiger partial charge in [-0.1, -0.05) is 13.8 Å². The highest BCUT2D eigenvalue weighted by atomic mass is 19.1. The number of Topliss-reactive ketones (excluding diaryl/α,β-unsaturated/α-hetero) is 1. The number of carbonyl (C=O) groups is 2. The number of ketones is 1. The van der Waals surface area contributed by atoms with Crippen LogP contribution in [0.5, 0.6) is 0 Å². The fourth-order valence-electron chi connectivity index (χ4n) is 1.14. The van der Waals surface area contributed by atoms with Crippen LogP contribution in [0.4, 0.5) is 8.78 Å². The summed E-state index contributed by atoms with van der Waals surface area (Å²) in [5.74, 6) is -2.78. The zero-order chi connectivity index (χ0) is 13.0. The Morgan fingerprint density at radius 2 is 1.94 bits per heavy atom. The Labute approximate surface area is 97.8 Å². The zero-order valence-electron chi connectivity index (χ0n) is 9.59. The molecule has 3 nitrogen and oxygen atoms in total. The van der Waals surface area contributed by atoms with E-state index in [1.165, 1.54) is 0 Å². The number of benzene rings is 1. The van der Waals surface area contributed by atoms with E-state index in [9.17, 15) is 18.4 Å². The lowest BCUT2D eigenvalue weighted by Gasteiger charge is -2.07. The van der Waals surface area contributed by atoms with E-state index in [0.717, 1.165) is 12.1 Å². The van der Waals surface area contributed by atoms with Gasteiger partial charge in [-0.3, -0.25) is 9.59 Å². The van der Waals surface area contributed by atoms with Crippen molar-refractivity contribution in [1.82, 2.24) is 5.32 Å². The van der Waals surface area contributed by atoms with Crippen LogP contribution >= 0.6 is 0 Å². The van der Waals surface area contributed by atoms with Gasteiger partial charge in [-0.2, -0.15) is 0 Å². The Morgan fingerprint density at radius 3 is 2.47 bits per heavy atom. The summed E-state index contributed by atoms with van der Waals surface area (Å²) in [6.07, 6.45) is 0. The second-order valence-electron chi connectivity index (χ2n) is 3.93. The average molecular weight is 241 g/mol. The number of nitrogens with one attached hydrogen (secondary N) is 1. The monoisotopic (exact) mass is 241 g/mol. The predicted molar refractivity (Wildman–Crippen MR) is 58.5 cm³/mol. The summed E-state index contributed by atoms with van der Waals surface area (Å²) >= 11 is 0. The van der Waals surface area contributed by atoms with Crippen LogP contribution in [0, 0.1) is 17.6 Å². The summed E-state index contributed by atoms with van der Waals surface area (Å²) in [5, 5.41) is 2.29. The first-order valence-corrected chi connectivity index (χ1v) is 5.17. The van der Waals surface area contributed by atoms with Crippen LogP contribution < -0.4 is 5.32 Å². The Bertz CT molecular complexity index is 444. The van der Waals surface area contributed by atoms with Crippen LogP contribution in [0.3, 0.4) is 0 Å². The molecule has 0 atom stereocenters. The predicted octanol–water partition coefficient (Wildman–Crippen LogP) is 1.92. The van der Waals surface area contributed by atoms with Crippen LogP contribution in [0.2, 0.25) is 0 Å². The van der Waals surface area contributed by atoms with Crippen molar-refractivity contribution in [3.8, 4) is 0 Å². The van der Waals surface area contributed by atoms with Crippen LogP contribution in [-0.4, -0.2) is 18.2 Å². The molecule has 1 amide bonds. The standard InChI is InChI=1S/C12H13F2NO2/c1-7(2)11(16)6-15-12(17)9-4-3-8(13)5-10(9)14/h3-5,7H,6H2,1-2H3,(H,15,17). The number of hydrogen-bond donors (Lipinski definition) is 1. The van der Waals surface area contributed by atoms with Crippen LogP contribution in [0.25, 0.3) is 0 Å². The molecule has 0 aliphatic heterocycles. The summed E-state index contributed by atoms with van der Waals surface area (Å²) in [7, 11) is 0. The number of rotatable bonds is 4. The summed E-state index contributed by atoms with van der Waals surface area (Å²) < 4.78 is 25.8. The fraction of sp³-hybridized carbons (Fsp3) is 0.333. The van der Waals surface area contributed by atoms with Crippen molar-refractivity contribution in [1.29, 1.82) is 0 Å². The van der Waals surface area contributed by atoms with E-state index in [1.807, 2.05) is 0 Å². The molecule has 1 aromatic rings. The van der Waals surface area contributed by atoms with Crippen molar-refractivity contribution in [3.63, 3.8) is 0 Å². The molecule has 1 rings (SSSR count). The number of amides is 1. The molecular weight excluding hydrogens is 228 g/mol. The first-order chi connectivity index (χ1) is 7.91. The lowest BCUT2D eigenvalue weighted by molar-refractivity contribution is -0.120. The molecule has 0 aliphatic rings. The van der Waals surface area contributed by atoms with Crippen molar-refractivity contribution in [2.45, 2.75) is 13.8 Å². The minimum atomic E-state index is -0.945. The molecule has 0 bridgehead atoms. The number of hydrogen-bond acceptors (Lipinski definition) is 2. The first kappa shape index (κ1) is 13.3. The Balaban J connectivity index is 2.68. The smallest absolute Gasteiger partial charge is 0.254 e. The van der Waals surface area contributed by atoms with E-state index in [4.69, 9.17) is 0 Å². The van der Waals surface area contributed by atoms with Crippen molar-refractivity contribution in [2.24, 2.45) is 5.92 Å². The van der Waals surface area contributed by atoms with Crippen molar-refractivity contribution >= 4 is 11.7 Å². The Hall–Kier alpha value is -1.78. The Kier molecular flexibility index (Phi) is 4.31. The van der Waals surface area contributed by atoms with Crippen LogP contribution in [0.15, 0.2) is 18.2 Å². The number of carbonyl (C=O) groups excluding carboxylic acids is 2. The molecule has 0 aliphatic carbocycles. The van der Waals surface area contributed by atoms with Gasteiger partial charge in [-0.05, 0) is 12.1 Å². The average Bonchev–Trinajstić information content (AvgIpc) is 2.25. The normalized spacial score (nSPS) is 10.4. The maximum atomic E-state index is 13.2. The molecule has 0 fully saturated rings. The highest BCUT2D eigenvalue weighted by Crippen LogP contribution is 2.09. The second-order valence-corrected chi connectivity index (χ2v) is 3.93. The molecule has 0 spiro atoms. The minimum Gasteiger partial charge on any atom is -0.345 e. The fourth-order valence-corrected chi connectivity index (χ4v) is 1.14. The zero-order valence-corrected chi connectivity index (χ0v) is 9.59. The van der Waals surface area contributed by atoms with Crippen molar-refractivity contribution < 1.29 is 18.4 Å². The van der Waals surface area contributed by atoms with E-state index >= 15 is 0 Å². The van der Waals surface area contributed by atoms with Gasteiger partial charge >= 0.3 is 0 Å². The third kappa shape index (κ3) is 3.62. The van der Waals surface area contributed by atoms with E-state index in [2.05, 4.69) is 5.32 Å². The SMILES string of the molecule is CC(C)C(=O)CNC(=O)c1ccc(F)cc1F. The summed E-state index contributed by atoms with van der Waals surface area (Å²) in [6, 6.07) is 2.65. The Morgan fingerprint density at radius 1 is 1.29 bits per heavy atom. The van der Waals surface area contributed by atoms with Crippen LogP contribution in [-0.2, 0) is 4.79 Å². The molecule has 0 unspecified atom stereocenters. The van der Waals surface area contributed by atoms with E-state index in [0.29, 0.717) is 6.07 Å². The molecule has 0 radical (unpaired) electrons. The topological polar surface area (TPSA) is 46.2 Å². The van der Waals surface area contributed by atoms with Crippen molar-refractivity contribution in [3.05, 3.63) is 35.4 Å². The number of halogens is 2. The lowest BCUT2D eigenvalue weighted by Crippen LogP contribution is -2.32. The third-order valence-corrected chi connectivity index (χ3v) is 2.24. The quantitative estimate of drug-likeness (QED) is 0.875.